The fourth-order valence-electron chi connectivity index (χ4n) is 2.00. The second-order valence-corrected chi connectivity index (χ2v) is 5.50. The summed E-state index contributed by atoms with van der Waals surface area (Å²) in [4.78, 5) is 24.3. The Bertz CT molecular complexity index is 719. The minimum atomic E-state index is -0.489. The van der Waals surface area contributed by atoms with Crippen LogP contribution >= 0.6 is 11.6 Å². The Kier molecular flexibility index (Phi) is 6.63. The number of esters is 1. The van der Waals surface area contributed by atoms with Crippen molar-refractivity contribution in [2.45, 2.75) is 19.8 Å². The van der Waals surface area contributed by atoms with Crippen molar-refractivity contribution in [1.82, 2.24) is 0 Å². The predicted molar refractivity (Wildman–Crippen MR) is 95.7 cm³/mol. The van der Waals surface area contributed by atoms with Gasteiger partial charge in [0, 0.05) is 0 Å². The Hall–Kier alpha value is -2.53. The van der Waals surface area contributed by atoms with Crippen LogP contribution in [0.2, 0.25) is 5.02 Å². The summed E-state index contributed by atoms with van der Waals surface area (Å²) in [7, 11) is 0. The largest absolute Gasteiger partial charge is 0.462 e. The Balaban J connectivity index is 2.05. The van der Waals surface area contributed by atoms with Crippen LogP contribution in [0.1, 0.15) is 30.1 Å². The molecule has 5 nitrogen and oxygen atoms in total. The number of carbonyl (C=O) groups excluding carboxylic acids is 2. The van der Waals surface area contributed by atoms with E-state index in [1.54, 1.807) is 48.5 Å². The lowest BCUT2D eigenvalue weighted by Crippen LogP contribution is -2.21. The van der Waals surface area contributed by atoms with Crippen molar-refractivity contribution in [2.75, 3.05) is 17.2 Å². The first-order valence-electron chi connectivity index (χ1n) is 7.70. The minimum absolute atomic E-state index is 0.308. The monoisotopic (exact) mass is 346 g/mol. The molecule has 24 heavy (non-hydrogen) atoms. The molecule has 0 bridgehead atoms. The normalized spacial score (nSPS) is 10.1. The van der Waals surface area contributed by atoms with E-state index in [9.17, 15) is 9.59 Å². The first-order valence-corrected chi connectivity index (χ1v) is 8.08. The average Bonchev–Trinajstić information content (AvgIpc) is 2.57. The van der Waals surface area contributed by atoms with E-state index in [1.165, 1.54) is 0 Å². The number of halogens is 1. The van der Waals surface area contributed by atoms with Crippen molar-refractivity contribution in [1.29, 1.82) is 0 Å². The van der Waals surface area contributed by atoms with Crippen LogP contribution < -0.4 is 10.6 Å². The van der Waals surface area contributed by atoms with Crippen molar-refractivity contribution in [3.05, 3.63) is 59.1 Å². The topological polar surface area (TPSA) is 67.4 Å². The zero-order valence-corrected chi connectivity index (χ0v) is 14.1. The van der Waals surface area contributed by atoms with E-state index in [2.05, 4.69) is 10.6 Å². The number of amides is 2. The number of anilines is 2. The molecule has 0 aliphatic carbocycles. The van der Waals surface area contributed by atoms with E-state index in [-0.39, 0.29) is 0 Å². The maximum absolute atomic E-state index is 12.1. The van der Waals surface area contributed by atoms with Crippen molar-refractivity contribution in [3.8, 4) is 0 Å². The van der Waals surface area contributed by atoms with Crippen LogP contribution in [0.15, 0.2) is 48.5 Å². The first kappa shape index (κ1) is 17.8. The van der Waals surface area contributed by atoms with Gasteiger partial charge >= 0.3 is 12.0 Å². The Morgan fingerprint density at radius 3 is 2.33 bits per heavy atom. The van der Waals surface area contributed by atoms with Crippen LogP contribution in [0.5, 0.6) is 0 Å². The first-order chi connectivity index (χ1) is 11.6. The number of unbranched alkanes of at least 4 members (excludes halogenated alkanes) is 1. The summed E-state index contributed by atoms with van der Waals surface area (Å²) in [5.41, 5.74) is 1.17. The van der Waals surface area contributed by atoms with Crippen molar-refractivity contribution < 1.29 is 14.3 Å². The summed E-state index contributed by atoms with van der Waals surface area (Å²) in [6.45, 7) is 2.37. The molecule has 2 aromatic rings. The highest BCUT2D eigenvalue weighted by Crippen LogP contribution is 2.21. The van der Waals surface area contributed by atoms with Crippen LogP contribution in [0, 0.1) is 0 Å². The fraction of sp³-hybridized carbons (Fsp3) is 0.222. The number of benzene rings is 2. The van der Waals surface area contributed by atoms with Gasteiger partial charge in [0.05, 0.1) is 28.6 Å². The van der Waals surface area contributed by atoms with Crippen LogP contribution in [-0.2, 0) is 4.74 Å². The maximum atomic E-state index is 12.1. The molecule has 6 heteroatoms. The number of carbonyl (C=O) groups is 2. The third kappa shape index (κ3) is 4.99. The van der Waals surface area contributed by atoms with Crippen molar-refractivity contribution >= 4 is 35.0 Å². The maximum Gasteiger partial charge on any atom is 0.340 e. The van der Waals surface area contributed by atoms with Gasteiger partial charge in [0.15, 0.2) is 0 Å². The van der Waals surface area contributed by atoms with E-state index in [0.717, 1.165) is 12.8 Å². The molecule has 126 valence electrons. The summed E-state index contributed by atoms with van der Waals surface area (Å²) in [5, 5.41) is 5.72. The SMILES string of the molecule is CCCCOC(=O)c1ccccc1NC(=O)Nc1ccccc1Cl. The van der Waals surface area contributed by atoms with Gasteiger partial charge in [-0.25, -0.2) is 9.59 Å². The van der Waals surface area contributed by atoms with E-state index in [1.807, 2.05) is 6.92 Å². The lowest BCUT2D eigenvalue weighted by Gasteiger charge is -2.12. The highest BCUT2D eigenvalue weighted by atomic mass is 35.5. The second-order valence-electron chi connectivity index (χ2n) is 5.09. The van der Waals surface area contributed by atoms with E-state index in [4.69, 9.17) is 16.3 Å². The highest BCUT2D eigenvalue weighted by molar-refractivity contribution is 6.33. The summed E-state index contributed by atoms with van der Waals surface area (Å²) in [6, 6.07) is 13.1. The number of para-hydroxylation sites is 2. The fourth-order valence-corrected chi connectivity index (χ4v) is 2.18. The molecule has 0 fully saturated rings. The molecule has 2 aromatic carbocycles. The molecule has 0 unspecified atom stereocenters. The molecular formula is C18H19ClN2O3. The summed E-state index contributed by atoms with van der Waals surface area (Å²) in [6.07, 6.45) is 1.74. The number of urea groups is 1. The van der Waals surface area contributed by atoms with Gasteiger partial charge in [0.25, 0.3) is 0 Å². The van der Waals surface area contributed by atoms with Gasteiger partial charge in [-0.05, 0) is 30.7 Å². The summed E-state index contributed by atoms with van der Waals surface area (Å²) in [5.74, 6) is -0.461. The van der Waals surface area contributed by atoms with Crippen LogP contribution in [0.25, 0.3) is 0 Å². The molecule has 0 heterocycles. The van der Waals surface area contributed by atoms with Gasteiger partial charge in [0.1, 0.15) is 0 Å². The lowest BCUT2D eigenvalue weighted by molar-refractivity contribution is 0.0501. The second kappa shape index (κ2) is 8.93. The van der Waals surface area contributed by atoms with E-state index in [0.29, 0.717) is 28.6 Å². The molecule has 0 aliphatic heterocycles. The standard InChI is InChI=1S/C18H19ClN2O3/c1-2-3-12-24-17(22)13-8-4-6-10-15(13)20-18(23)21-16-11-7-5-9-14(16)19/h4-11H,2-3,12H2,1H3,(H2,20,21,23). The average molecular weight is 347 g/mol. The summed E-state index contributed by atoms with van der Waals surface area (Å²) < 4.78 is 5.20. The van der Waals surface area contributed by atoms with Crippen molar-refractivity contribution in [2.24, 2.45) is 0 Å². The Labute approximate surface area is 146 Å². The molecule has 0 saturated heterocycles. The Morgan fingerprint density at radius 1 is 1.00 bits per heavy atom. The molecule has 2 amide bonds. The zero-order valence-electron chi connectivity index (χ0n) is 13.3. The van der Waals surface area contributed by atoms with Gasteiger partial charge in [-0.2, -0.15) is 0 Å². The highest BCUT2D eigenvalue weighted by Gasteiger charge is 2.14. The van der Waals surface area contributed by atoms with Crippen LogP contribution in [0.4, 0.5) is 16.2 Å². The quantitative estimate of drug-likeness (QED) is 0.575. The third-order valence-electron chi connectivity index (χ3n) is 3.25. The van der Waals surface area contributed by atoms with Crippen molar-refractivity contribution in [3.63, 3.8) is 0 Å². The predicted octanol–water partition coefficient (Wildman–Crippen LogP) is 4.94. The number of hydrogen-bond donors (Lipinski definition) is 2. The molecule has 0 aromatic heterocycles. The molecule has 0 aliphatic rings. The number of rotatable bonds is 6. The van der Waals surface area contributed by atoms with Crippen LogP contribution in [0.3, 0.4) is 0 Å². The number of nitrogens with one attached hydrogen (secondary N) is 2. The molecule has 0 spiro atoms. The molecule has 0 radical (unpaired) electrons. The molecule has 2 rings (SSSR count). The Morgan fingerprint density at radius 2 is 1.62 bits per heavy atom. The van der Waals surface area contributed by atoms with Gasteiger partial charge in [-0.3, -0.25) is 0 Å². The zero-order chi connectivity index (χ0) is 17.4. The molecule has 2 N–H and O–H groups in total. The van der Waals surface area contributed by atoms with Gasteiger partial charge < -0.3 is 15.4 Å². The molecular weight excluding hydrogens is 328 g/mol. The molecule has 0 saturated carbocycles. The lowest BCUT2D eigenvalue weighted by atomic mass is 10.2. The van der Waals surface area contributed by atoms with E-state index < -0.39 is 12.0 Å². The third-order valence-corrected chi connectivity index (χ3v) is 3.58. The number of hydrogen-bond acceptors (Lipinski definition) is 3. The van der Waals surface area contributed by atoms with Crippen LogP contribution in [-0.4, -0.2) is 18.6 Å². The van der Waals surface area contributed by atoms with Gasteiger partial charge in [0.2, 0.25) is 0 Å². The minimum Gasteiger partial charge on any atom is -0.462 e. The summed E-state index contributed by atoms with van der Waals surface area (Å²) >= 11 is 6.01. The molecule has 0 atom stereocenters. The van der Waals surface area contributed by atoms with Gasteiger partial charge in [-0.1, -0.05) is 49.2 Å². The smallest absolute Gasteiger partial charge is 0.340 e. The van der Waals surface area contributed by atoms with E-state index >= 15 is 0 Å². The van der Waals surface area contributed by atoms with Gasteiger partial charge in [-0.15, -0.1) is 0 Å². The number of ether oxygens (including phenoxy) is 1.